The number of carbonyl (C=O) groups excluding carboxylic acids is 1. The third-order valence-electron chi connectivity index (χ3n) is 3.80. The Balaban J connectivity index is 1.89. The standard InChI is InChI=1S/C16H12O2S/c17-16-14-11-6-2-1-5-10(11)9-19-15(14)12-7-3-4-8-13(12)18-16/h1-8,14-15H,9H2/t14-,15-/m0/s1. The molecule has 0 N–H and O–H groups in total. The molecular formula is C16H12O2S. The highest BCUT2D eigenvalue weighted by atomic mass is 32.2. The van der Waals surface area contributed by atoms with E-state index in [2.05, 4.69) is 18.2 Å². The van der Waals surface area contributed by atoms with Gasteiger partial charge in [0.1, 0.15) is 5.75 Å². The summed E-state index contributed by atoms with van der Waals surface area (Å²) in [5.41, 5.74) is 3.53. The molecule has 94 valence electrons. The molecule has 0 bridgehead atoms. The quantitative estimate of drug-likeness (QED) is 0.538. The van der Waals surface area contributed by atoms with Gasteiger partial charge in [0.2, 0.25) is 0 Å². The van der Waals surface area contributed by atoms with Gasteiger partial charge in [0.15, 0.2) is 0 Å². The van der Waals surface area contributed by atoms with Crippen molar-refractivity contribution in [2.75, 3.05) is 0 Å². The molecule has 2 aromatic carbocycles. The molecule has 0 aliphatic carbocycles. The molecule has 0 saturated carbocycles. The Labute approximate surface area is 115 Å². The van der Waals surface area contributed by atoms with Crippen LogP contribution in [0.5, 0.6) is 5.75 Å². The summed E-state index contributed by atoms with van der Waals surface area (Å²) in [6.45, 7) is 0. The van der Waals surface area contributed by atoms with Crippen LogP contribution in [-0.2, 0) is 10.5 Å². The molecule has 4 rings (SSSR count). The number of ether oxygens (including phenoxy) is 1. The highest BCUT2D eigenvalue weighted by molar-refractivity contribution is 7.98. The number of hydrogen-bond donors (Lipinski definition) is 0. The molecule has 0 amide bonds. The van der Waals surface area contributed by atoms with Gasteiger partial charge in [-0.3, -0.25) is 4.79 Å². The van der Waals surface area contributed by atoms with E-state index in [1.54, 1.807) is 0 Å². The Morgan fingerprint density at radius 3 is 2.63 bits per heavy atom. The Morgan fingerprint density at radius 2 is 1.74 bits per heavy atom. The number of esters is 1. The van der Waals surface area contributed by atoms with Crippen LogP contribution in [-0.4, -0.2) is 5.97 Å². The van der Waals surface area contributed by atoms with Crippen molar-refractivity contribution in [3.05, 3.63) is 65.2 Å². The lowest BCUT2D eigenvalue weighted by Crippen LogP contribution is -2.31. The highest BCUT2D eigenvalue weighted by Gasteiger charge is 2.42. The number of hydrogen-bond acceptors (Lipinski definition) is 3. The van der Waals surface area contributed by atoms with Crippen molar-refractivity contribution in [3.8, 4) is 5.75 Å². The first-order chi connectivity index (χ1) is 9.34. The summed E-state index contributed by atoms with van der Waals surface area (Å²) in [6, 6.07) is 16.1. The van der Waals surface area contributed by atoms with E-state index < -0.39 is 0 Å². The minimum absolute atomic E-state index is 0.122. The van der Waals surface area contributed by atoms with Crippen molar-refractivity contribution in [1.82, 2.24) is 0 Å². The van der Waals surface area contributed by atoms with E-state index in [0.29, 0.717) is 0 Å². The van der Waals surface area contributed by atoms with E-state index in [0.717, 1.165) is 22.6 Å². The molecule has 0 unspecified atom stereocenters. The first-order valence-corrected chi connectivity index (χ1v) is 7.39. The van der Waals surface area contributed by atoms with Crippen LogP contribution in [0.2, 0.25) is 0 Å². The second kappa shape index (κ2) is 4.14. The average Bonchev–Trinajstić information content (AvgIpc) is 2.46. The van der Waals surface area contributed by atoms with E-state index in [9.17, 15) is 4.79 Å². The number of fused-ring (bicyclic) bond motifs is 5. The lowest BCUT2D eigenvalue weighted by molar-refractivity contribution is -0.137. The fraction of sp³-hybridized carbons (Fsp3) is 0.188. The predicted octanol–water partition coefficient (Wildman–Crippen LogP) is 3.68. The molecule has 2 heterocycles. The number of rotatable bonds is 0. The summed E-state index contributed by atoms with van der Waals surface area (Å²) in [4.78, 5) is 12.3. The smallest absolute Gasteiger partial charge is 0.320 e. The number of benzene rings is 2. The molecule has 3 heteroatoms. The largest absolute Gasteiger partial charge is 0.426 e. The van der Waals surface area contributed by atoms with Crippen molar-refractivity contribution in [1.29, 1.82) is 0 Å². The van der Waals surface area contributed by atoms with Gasteiger partial charge in [0, 0.05) is 11.3 Å². The van der Waals surface area contributed by atoms with Crippen LogP contribution in [0.1, 0.15) is 27.9 Å². The van der Waals surface area contributed by atoms with Gasteiger partial charge in [-0.25, -0.2) is 0 Å². The molecule has 2 aliphatic heterocycles. The zero-order valence-electron chi connectivity index (χ0n) is 10.2. The van der Waals surface area contributed by atoms with Gasteiger partial charge < -0.3 is 4.74 Å². The summed E-state index contributed by atoms with van der Waals surface area (Å²) in [5, 5.41) is 0.187. The van der Waals surface area contributed by atoms with Crippen molar-refractivity contribution >= 4 is 17.7 Å². The summed E-state index contributed by atoms with van der Waals surface area (Å²) in [6.07, 6.45) is 0. The van der Waals surface area contributed by atoms with Crippen LogP contribution in [0, 0.1) is 0 Å². The van der Waals surface area contributed by atoms with Gasteiger partial charge >= 0.3 is 5.97 Å². The Hall–Kier alpha value is -1.74. The van der Waals surface area contributed by atoms with Gasteiger partial charge in [0.05, 0.1) is 11.2 Å². The van der Waals surface area contributed by atoms with Crippen LogP contribution < -0.4 is 4.74 Å². The van der Waals surface area contributed by atoms with Gasteiger partial charge in [-0.15, -0.1) is 11.8 Å². The first-order valence-electron chi connectivity index (χ1n) is 6.34. The fourth-order valence-corrected chi connectivity index (χ4v) is 4.35. The highest BCUT2D eigenvalue weighted by Crippen LogP contribution is 2.53. The third-order valence-corrected chi connectivity index (χ3v) is 5.16. The van der Waals surface area contributed by atoms with Crippen LogP contribution in [0.4, 0.5) is 0 Å². The van der Waals surface area contributed by atoms with Gasteiger partial charge in [-0.05, 0) is 17.2 Å². The van der Waals surface area contributed by atoms with Crippen molar-refractivity contribution in [2.45, 2.75) is 16.9 Å². The van der Waals surface area contributed by atoms with Crippen LogP contribution in [0.25, 0.3) is 0 Å². The molecule has 2 nitrogen and oxygen atoms in total. The van der Waals surface area contributed by atoms with Gasteiger partial charge in [0.25, 0.3) is 0 Å². The van der Waals surface area contributed by atoms with Crippen molar-refractivity contribution in [3.63, 3.8) is 0 Å². The topological polar surface area (TPSA) is 26.3 Å². The minimum Gasteiger partial charge on any atom is -0.426 e. The molecule has 0 aromatic heterocycles. The van der Waals surface area contributed by atoms with Crippen LogP contribution in [0.15, 0.2) is 48.5 Å². The molecule has 0 saturated heterocycles. The lowest BCUT2D eigenvalue weighted by atomic mass is 9.86. The molecule has 0 radical (unpaired) electrons. The summed E-state index contributed by atoms with van der Waals surface area (Å²) in [7, 11) is 0. The molecule has 2 aromatic rings. The second-order valence-electron chi connectivity index (χ2n) is 4.87. The number of para-hydroxylation sites is 1. The molecule has 2 aliphatic rings. The van der Waals surface area contributed by atoms with Crippen LogP contribution >= 0.6 is 11.8 Å². The summed E-state index contributed by atoms with van der Waals surface area (Å²) in [5.74, 6) is 1.40. The first kappa shape index (κ1) is 11.1. The maximum atomic E-state index is 12.3. The maximum absolute atomic E-state index is 12.3. The maximum Gasteiger partial charge on any atom is 0.320 e. The number of carbonyl (C=O) groups is 1. The molecule has 19 heavy (non-hydrogen) atoms. The Kier molecular flexibility index (Phi) is 2.42. The van der Waals surface area contributed by atoms with E-state index in [1.807, 2.05) is 42.1 Å². The average molecular weight is 268 g/mol. The Morgan fingerprint density at radius 1 is 1.00 bits per heavy atom. The zero-order valence-corrected chi connectivity index (χ0v) is 11.0. The summed E-state index contributed by atoms with van der Waals surface area (Å²) < 4.78 is 5.51. The SMILES string of the molecule is O=C1Oc2ccccc2[C@@H]2SCc3ccccc3[C@H]12. The molecular weight excluding hydrogens is 256 g/mol. The third kappa shape index (κ3) is 1.61. The minimum atomic E-state index is -0.162. The van der Waals surface area contributed by atoms with Crippen molar-refractivity contribution in [2.24, 2.45) is 0 Å². The number of thioether (sulfide) groups is 1. The van der Waals surface area contributed by atoms with E-state index in [1.165, 1.54) is 5.56 Å². The molecule has 0 spiro atoms. The molecule has 0 fully saturated rings. The fourth-order valence-electron chi connectivity index (χ4n) is 2.91. The second-order valence-corrected chi connectivity index (χ2v) is 6.00. The van der Waals surface area contributed by atoms with Gasteiger partial charge in [-0.2, -0.15) is 0 Å². The van der Waals surface area contributed by atoms with Gasteiger partial charge in [-0.1, -0.05) is 42.5 Å². The molecule has 2 atom stereocenters. The van der Waals surface area contributed by atoms with E-state index in [-0.39, 0.29) is 17.1 Å². The Bertz CT molecular complexity index is 665. The van der Waals surface area contributed by atoms with Crippen LogP contribution in [0.3, 0.4) is 0 Å². The normalized spacial score (nSPS) is 23.9. The zero-order chi connectivity index (χ0) is 12.8. The van der Waals surface area contributed by atoms with E-state index in [4.69, 9.17) is 4.74 Å². The summed E-state index contributed by atoms with van der Waals surface area (Å²) >= 11 is 1.84. The van der Waals surface area contributed by atoms with Crippen molar-refractivity contribution < 1.29 is 9.53 Å². The predicted molar refractivity (Wildman–Crippen MR) is 75.3 cm³/mol. The lowest BCUT2D eigenvalue weighted by Gasteiger charge is -2.36. The van der Waals surface area contributed by atoms with E-state index >= 15 is 0 Å². The monoisotopic (exact) mass is 268 g/mol.